The minimum absolute atomic E-state index is 0.0166. The third-order valence-electron chi connectivity index (χ3n) is 11.7. The van der Waals surface area contributed by atoms with Gasteiger partial charge in [-0.1, -0.05) is 38.8 Å². The summed E-state index contributed by atoms with van der Waals surface area (Å²) in [6.07, 6.45) is 6.20. The van der Waals surface area contributed by atoms with Gasteiger partial charge in [-0.3, -0.25) is 14.4 Å². The number of carbonyl (C=O) groups excluding carboxylic acids is 4. The van der Waals surface area contributed by atoms with Crippen LogP contribution in [-0.4, -0.2) is 99.0 Å². The number of anilines is 1. The van der Waals surface area contributed by atoms with Gasteiger partial charge in [0.1, 0.15) is 46.7 Å². The summed E-state index contributed by atoms with van der Waals surface area (Å²) in [6, 6.07) is 8.35. The molecule has 6 atom stereocenters. The van der Waals surface area contributed by atoms with E-state index < -0.39 is 71.1 Å². The molecule has 1 unspecified atom stereocenters. The molecule has 1 aliphatic carbocycles. The summed E-state index contributed by atoms with van der Waals surface area (Å²) in [6.45, 7) is 7.51. The Bertz CT molecular complexity index is 2390. The summed E-state index contributed by atoms with van der Waals surface area (Å²) in [7, 11) is 1.56. The molecule has 15 nitrogen and oxygen atoms in total. The third-order valence-corrected chi connectivity index (χ3v) is 12.5. The van der Waals surface area contributed by atoms with Crippen molar-refractivity contribution in [2.24, 2.45) is 11.8 Å². The number of nitrogens with one attached hydrogen (secondary N) is 4. The summed E-state index contributed by atoms with van der Waals surface area (Å²) in [5.74, 6) is -3.04. The van der Waals surface area contributed by atoms with Crippen molar-refractivity contribution >= 4 is 57.0 Å². The minimum Gasteiger partial charge on any atom is -0.497 e. The van der Waals surface area contributed by atoms with Crippen LogP contribution in [0.25, 0.3) is 22.3 Å². The second-order valence-electron chi connectivity index (χ2n) is 17.1. The van der Waals surface area contributed by atoms with Gasteiger partial charge in [0.2, 0.25) is 11.8 Å². The molecule has 63 heavy (non-hydrogen) atoms. The van der Waals surface area contributed by atoms with E-state index in [9.17, 15) is 33.5 Å². The number of carboxylic acid groups (broad SMARTS) is 1. The fourth-order valence-electron chi connectivity index (χ4n) is 8.23. The van der Waals surface area contributed by atoms with Crippen LogP contribution in [0.3, 0.4) is 0 Å². The van der Waals surface area contributed by atoms with Gasteiger partial charge in [0.15, 0.2) is 10.9 Å². The predicted molar refractivity (Wildman–Crippen MR) is 236 cm³/mol. The minimum atomic E-state index is -1.52. The molecular weight excluding hydrogens is 830 g/mol. The lowest BCUT2D eigenvalue weighted by atomic mass is 9.95. The Balaban J connectivity index is 1.19. The number of benzene rings is 2. The van der Waals surface area contributed by atoms with Crippen molar-refractivity contribution < 1.29 is 42.9 Å². The van der Waals surface area contributed by atoms with E-state index in [1.807, 2.05) is 37.4 Å². The van der Waals surface area contributed by atoms with E-state index in [0.717, 1.165) is 11.6 Å². The van der Waals surface area contributed by atoms with Gasteiger partial charge in [-0.25, -0.2) is 23.9 Å². The van der Waals surface area contributed by atoms with E-state index in [2.05, 4.69) is 21.3 Å². The van der Waals surface area contributed by atoms with Crippen LogP contribution in [0.4, 0.5) is 14.3 Å². The molecule has 2 aromatic carbocycles. The lowest BCUT2D eigenvalue weighted by Crippen LogP contribution is -2.58. The number of Topliss-reactive ketones (excluding diaryl/α,β-unsaturated/α-hetero) is 1. The number of thiazole rings is 1. The average molecular weight is 884 g/mol. The molecule has 334 valence electrons. The van der Waals surface area contributed by atoms with Gasteiger partial charge in [-0.05, 0) is 81.8 Å². The van der Waals surface area contributed by atoms with Crippen molar-refractivity contribution in [2.45, 2.75) is 108 Å². The molecule has 0 radical (unpaired) electrons. The second-order valence-corrected chi connectivity index (χ2v) is 18.0. The summed E-state index contributed by atoms with van der Waals surface area (Å²) in [5.41, 5.74) is 0.415. The fourth-order valence-corrected chi connectivity index (χ4v) is 9.08. The normalized spacial score (nSPS) is 23.7. The number of carboxylic acids is 1. The van der Waals surface area contributed by atoms with Gasteiger partial charge < -0.3 is 40.7 Å². The highest BCUT2D eigenvalue weighted by atomic mass is 32.1. The second kappa shape index (κ2) is 19.1. The predicted octanol–water partition coefficient (Wildman–Crippen LogP) is 6.73. The number of allylic oxidation sites excluding steroid dienone is 1. The van der Waals surface area contributed by atoms with E-state index in [1.54, 1.807) is 39.2 Å². The molecule has 1 saturated carbocycles. The molecule has 4 aromatic rings. The molecule has 3 aliphatic rings. The van der Waals surface area contributed by atoms with Crippen molar-refractivity contribution in [3.63, 3.8) is 0 Å². The van der Waals surface area contributed by atoms with Crippen LogP contribution >= 0.6 is 11.3 Å². The summed E-state index contributed by atoms with van der Waals surface area (Å²) >= 11 is 1.44. The fraction of sp³-hybridized carbons (Fsp3) is 0.457. The number of aromatic nitrogens is 2. The molecule has 0 bridgehead atoms. The highest BCUT2D eigenvalue weighted by Gasteiger charge is 2.61. The lowest BCUT2D eigenvalue weighted by Gasteiger charge is -2.30. The maximum absolute atomic E-state index is 14.8. The zero-order valence-electron chi connectivity index (χ0n) is 36.0. The monoisotopic (exact) mass is 883 g/mol. The zero-order valence-corrected chi connectivity index (χ0v) is 36.8. The quantitative estimate of drug-likeness (QED) is 0.0747. The van der Waals surface area contributed by atoms with Gasteiger partial charge in [0, 0.05) is 46.8 Å². The number of pyridine rings is 1. The van der Waals surface area contributed by atoms with Crippen molar-refractivity contribution in [1.29, 1.82) is 0 Å². The number of fused-ring (bicyclic) bond motifs is 3. The molecule has 2 fully saturated rings. The van der Waals surface area contributed by atoms with Crippen LogP contribution in [-0.2, 0) is 14.4 Å². The number of aliphatic carboxylic acids is 1. The smallest absolute Gasteiger partial charge is 0.330 e. The van der Waals surface area contributed by atoms with Gasteiger partial charge in [-0.15, -0.1) is 11.3 Å². The Kier molecular flexibility index (Phi) is 13.6. The van der Waals surface area contributed by atoms with Gasteiger partial charge in [0.05, 0.1) is 30.9 Å². The SMILES string of the molecule is COc1ccc2c(O[C@@H]3C[C@H]4C(=O)N[C@]5(C(=O)O)CC5/C=C\CCCCC[C@@H](NC(=O)N[C@H](C(=O)c5ccc(F)cc5)C(C)C)C(=O)N4C3)cc(-c3csc(NC(C)C)n3)nc2c1. The molecule has 2 aromatic heterocycles. The molecule has 2 aliphatic heterocycles. The van der Waals surface area contributed by atoms with Crippen molar-refractivity contribution in [3.8, 4) is 22.9 Å². The molecule has 0 spiro atoms. The number of hydrogen-bond acceptors (Lipinski definition) is 11. The Morgan fingerprint density at radius 1 is 1.02 bits per heavy atom. The first-order valence-electron chi connectivity index (χ1n) is 21.4. The largest absolute Gasteiger partial charge is 0.497 e. The first kappa shape index (κ1) is 44.9. The summed E-state index contributed by atoms with van der Waals surface area (Å²) < 4.78 is 25.9. The standard InChI is InChI=1S/C46H54FN7O8S/c1-25(2)39(40(55)27-13-15-29(47)16-14-27)52-44(60)50-33-12-10-8-6-7-9-11-28-22-46(28,43(58)59)53-41(56)37-20-31(23-54(37)42(33)57)62-38-21-35(36-24-63-45(51-36)48-26(3)4)49-34-19-30(61-5)17-18-32(34)38/h9,11,13-19,21,24-26,28,31,33,37,39H,6-8,10,12,20,22-23H2,1-5H3,(H,48,51)(H,53,56)(H,58,59)(H2,50,52,60)/b11-9-/t28?,31-,33-,37+,39+,46-/m1/s1. The maximum atomic E-state index is 14.8. The maximum Gasteiger partial charge on any atom is 0.330 e. The summed E-state index contributed by atoms with van der Waals surface area (Å²) in [5, 5.41) is 25.3. The Morgan fingerprint density at radius 2 is 1.79 bits per heavy atom. The van der Waals surface area contributed by atoms with Gasteiger partial charge >= 0.3 is 12.0 Å². The Labute approximate surface area is 369 Å². The number of ketones is 1. The van der Waals surface area contributed by atoms with E-state index >= 15 is 0 Å². The molecule has 17 heteroatoms. The highest BCUT2D eigenvalue weighted by molar-refractivity contribution is 7.14. The zero-order chi connectivity index (χ0) is 45.0. The molecule has 5 N–H and O–H groups in total. The van der Waals surface area contributed by atoms with E-state index in [4.69, 9.17) is 19.4 Å². The van der Waals surface area contributed by atoms with Crippen LogP contribution in [0.5, 0.6) is 11.5 Å². The molecule has 4 amide bonds. The summed E-state index contributed by atoms with van der Waals surface area (Å²) in [4.78, 5) is 80.2. The van der Waals surface area contributed by atoms with Crippen molar-refractivity contribution in [3.05, 3.63) is 77.4 Å². The molecular formula is C46H54FN7O8S. The van der Waals surface area contributed by atoms with Crippen molar-refractivity contribution in [2.75, 3.05) is 19.0 Å². The molecule has 7 rings (SSSR count). The lowest BCUT2D eigenvalue weighted by molar-refractivity contribution is -0.145. The van der Waals surface area contributed by atoms with Gasteiger partial charge in [-0.2, -0.15) is 0 Å². The van der Waals surface area contributed by atoms with E-state index in [1.165, 1.54) is 40.5 Å². The first-order chi connectivity index (χ1) is 30.1. The number of nitrogens with zero attached hydrogens (tertiary/aromatic N) is 3. The van der Waals surface area contributed by atoms with Crippen LogP contribution in [0.2, 0.25) is 0 Å². The average Bonchev–Trinajstić information content (AvgIpc) is 3.51. The van der Waals surface area contributed by atoms with E-state index in [-0.39, 0.29) is 43.3 Å². The van der Waals surface area contributed by atoms with E-state index in [0.29, 0.717) is 53.1 Å². The number of rotatable bonds is 12. The number of halogens is 1. The van der Waals surface area contributed by atoms with Crippen LogP contribution in [0.15, 0.2) is 66.1 Å². The Hall–Kier alpha value is -6.10. The highest BCUT2D eigenvalue weighted by Crippen LogP contribution is 2.45. The number of ether oxygens (including phenoxy) is 2. The van der Waals surface area contributed by atoms with Gasteiger partial charge in [0.25, 0.3) is 0 Å². The first-order valence-corrected chi connectivity index (χ1v) is 22.3. The number of amides is 4. The third kappa shape index (κ3) is 10.2. The number of urea groups is 1. The molecule has 1 saturated heterocycles. The number of carbonyl (C=O) groups is 5. The van der Waals surface area contributed by atoms with Crippen molar-refractivity contribution in [1.82, 2.24) is 30.8 Å². The molecule has 4 heterocycles. The van der Waals surface area contributed by atoms with Crippen LogP contribution in [0.1, 0.15) is 83.0 Å². The topological polar surface area (TPSA) is 201 Å². The Morgan fingerprint density at radius 3 is 2.51 bits per heavy atom. The van der Waals surface area contributed by atoms with Crippen LogP contribution in [0, 0.1) is 17.7 Å². The number of hydrogen-bond donors (Lipinski definition) is 5. The van der Waals surface area contributed by atoms with Crippen LogP contribution < -0.4 is 30.7 Å². The number of methoxy groups -OCH3 is 1.